The van der Waals surface area contributed by atoms with Crippen LogP contribution in [0.1, 0.15) is 46.8 Å². The molecule has 0 saturated carbocycles. The summed E-state index contributed by atoms with van der Waals surface area (Å²) in [5.41, 5.74) is 5.49. The van der Waals surface area contributed by atoms with E-state index in [0.717, 1.165) is 36.1 Å². The first-order valence-corrected chi connectivity index (χ1v) is 9.09. The molecular weight excluding hydrogens is 328 g/mol. The van der Waals surface area contributed by atoms with Gasteiger partial charge in [0.2, 0.25) is 0 Å². The van der Waals surface area contributed by atoms with Crippen molar-refractivity contribution in [2.75, 3.05) is 13.1 Å². The molecule has 1 N–H and O–H groups in total. The molecule has 0 saturated heterocycles. The van der Waals surface area contributed by atoms with Crippen molar-refractivity contribution in [1.82, 2.24) is 9.88 Å². The fraction of sp³-hybridized carbons (Fsp3) is 0.333. The zero-order valence-corrected chi connectivity index (χ0v) is 15.0. The van der Waals surface area contributed by atoms with E-state index in [1.807, 2.05) is 29.2 Å². The molecule has 134 valence electrons. The summed E-state index contributed by atoms with van der Waals surface area (Å²) in [7, 11) is 0. The quantitative estimate of drug-likeness (QED) is 0.783. The molecule has 2 aromatic carbocycles. The molecule has 4 rings (SSSR count). The Morgan fingerprint density at radius 1 is 1.19 bits per heavy atom. The van der Waals surface area contributed by atoms with Crippen molar-refractivity contribution in [3.05, 3.63) is 69.2 Å². The van der Waals surface area contributed by atoms with Crippen molar-refractivity contribution in [2.24, 2.45) is 0 Å². The number of fused-ring (bicyclic) bond motifs is 2. The number of H-pyrrole nitrogens is 1. The van der Waals surface area contributed by atoms with Gasteiger partial charge in [-0.15, -0.1) is 0 Å². The normalized spacial score (nSPS) is 15.3. The van der Waals surface area contributed by atoms with E-state index < -0.39 is 5.76 Å². The Balaban J connectivity index is 1.55. The molecule has 1 aromatic heterocycles. The Labute approximate surface area is 151 Å². The summed E-state index contributed by atoms with van der Waals surface area (Å²) < 4.78 is 5.15. The molecule has 5 heteroatoms. The lowest BCUT2D eigenvalue weighted by Crippen LogP contribution is -2.39. The van der Waals surface area contributed by atoms with E-state index in [4.69, 9.17) is 4.42 Å². The summed E-state index contributed by atoms with van der Waals surface area (Å²) in [6.07, 6.45) is 1.82. The Bertz CT molecular complexity index is 1030. The smallest absolute Gasteiger partial charge is 0.408 e. The third-order valence-electron chi connectivity index (χ3n) is 5.26. The van der Waals surface area contributed by atoms with Crippen LogP contribution < -0.4 is 5.76 Å². The molecule has 0 fully saturated rings. The minimum Gasteiger partial charge on any atom is -0.408 e. The van der Waals surface area contributed by atoms with Gasteiger partial charge in [-0.25, -0.2) is 4.79 Å². The van der Waals surface area contributed by atoms with Gasteiger partial charge in [0.05, 0.1) is 5.52 Å². The predicted molar refractivity (Wildman–Crippen MR) is 101 cm³/mol. The Morgan fingerprint density at radius 2 is 2.04 bits per heavy atom. The maximum Gasteiger partial charge on any atom is 0.417 e. The summed E-state index contributed by atoms with van der Waals surface area (Å²) in [4.78, 5) is 28.8. The molecule has 3 aromatic rings. The molecule has 1 unspecified atom stereocenters. The molecule has 1 aliphatic heterocycles. The summed E-state index contributed by atoms with van der Waals surface area (Å²) >= 11 is 0. The average molecular weight is 350 g/mol. The van der Waals surface area contributed by atoms with Crippen LogP contribution in [-0.2, 0) is 12.8 Å². The van der Waals surface area contributed by atoms with Crippen LogP contribution in [-0.4, -0.2) is 28.9 Å². The molecule has 0 aliphatic carbocycles. The van der Waals surface area contributed by atoms with Gasteiger partial charge in [-0.2, -0.15) is 0 Å². The molecule has 2 heterocycles. The third kappa shape index (κ3) is 2.94. The van der Waals surface area contributed by atoms with Gasteiger partial charge in [0.1, 0.15) is 0 Å². The van der Waals surface area contributed by atoms with Crippen molar-refractivity contribution in [2.45, 2.75) is 32.6 Å². The molecule has 0 bridgehead atoms. The first kappa shape index (κ1) is 16.6. The van der Waals surface area contributed by atoms with E-state index in [-0.39, 0.29) is 11.8 Å². The summed E-state index contributed by atoms with van der Waals surface area (Å²) in [6.45, 7) is 5.58. The Hall–Kier alpha value is -2.82. The number of aryl methyl sites for hydroxylation is 1. The van der Waals surface area contributed by atoms with Crippen LogP contribution in [0.3, 0.4) is 0 Å². The number of amides is 1. The highest BCUT2D eigenvalue weighted by Crippen LogP contribution is 2.25. The maximum absolute atomic E-state index is 12.9. The number of rotatable bonds is 4. The van der Waals surface area contributed by atoms with Gasteiger partial charge in [-0.1, -0.05) is 32.0 Å². The van der Waals surface area contributed by atoms with Crippen molar-refractivity contribution >= 4 is 17.0 Å². The Kier molecular flexibility index (Phi) is 4.15. The minimum atomic E-state index is -0.445. The van der Waals surface area contributed by atoms with Gasteiger partial charge < -0.3 is 9.32 Å². The van der Waals surface area contributed by atoms with Crippen LogP contribution >= 0.6 is 0 Å². The number of aromatic amines is 1. The van der Waals surface area contributed by atoms with Crippen LogP contribution in [0.25, 0.3) is 11.1 Å². The number of nitrogens with zero attached hydrogens (tertiary/aromatic N) is 1. The fourth-order valence-electron chi connectivity index (χ4n) is 3.67. The van der Waals surface area contributed by atoms with Crippen molar-refractivity contribution in [1.29, 1.82) is 0 Å². The van der Waals surface area contributed by atoms with E-state index in [9.17, 15) is 9.59 Å². The molecule has 1 aliphatic rings. The fourth-order valence-corrected chi connectivity index (χ4v) is 3.67. The molecule has 1 atom stereocenters. The van der Waals surface area contributed by atoms with E-state index >= 15 is 0 Å². The second kappa shape index (κ2) is 6.48. The number of hydrogen-bond acceptors (Lipinski definition) is 3. The summed E-state index contributed by atoms with van der Waals surface area (Å²) in [5, 5.41) is 0. The highest BCUT2D eigenvalue weighted by atomic mass is 16.4. The minimum absolute atomic E-state index is 0.114. The first-order valence-electron chi connectivity index (χ1n) is 9.09. The number of aromatic nitrogens is 1. The average Bonchev–Trinajstić information content (AvgIpc) is 3.02. The highest BCUT2D eigenvalue weighted by molar-refractivity contribution is 5.97. The molecule has 0 spiro atoms. The highest BCUT2D eigenvalue weighted by Gasteiger charge is 2.26. The van der Waals surface area contributed by atoms with Gasteiger partial charge in [-0.05, 0) is 53.6 Å². The van der Waals surface area contributed by atoms with Gasteiger partial charge in [0.25, 0.3) is 5.91 Å². The van der Waals surface area contributed by atoms with Gasteiger partial charge in [0.15, 0.2) is 5.58 Å². The maximum atomic E-state index is 12.9. The number of carbonyl (C=O) groups excluding carboxylic acids is 1. The van der Waals surface area contributed by atoms with Crippen LogP contribution in [0.15, 0.2) is 45.6 Å². The number of carbonyl (C=O) groups is 1. The predicted octanol–water partition coefficient (Wildman–Crippen LogP) is 3.49. The standard InChI is InChI=1S/C21H22N2O3/c1-3-14-4-5-15-8-9-23(20(24)17(15)10-14)12-13(2)16-6-7-18-19(11-16)26-21(25)22-18/h4-7,10-11,13H,3,8-9,12H2,1-2H3,(H,22,25). The number of oxazole rings is 1. The van der Waals surface area contributed by atoms with E-state index in [2.05, 4.69) is 31.0 Å². The second-order valence-corrected chi connectivity index (χ2v) is 7.02. The number of hydrogen-bond donors (Lipinski definition) is 1. The van der Waals surface area contributed by atoms with Crippen LogP contribution in [0, 0.1) is 0 Å². The lowest BCUT2D eigenvalue weighted by Gasteiger charge is -2.31. The van der Waals surface area contributed by atoms with Crippen molar-refractivity contribution < 1.29 is 9.21 Å². The topological polar surface area (TPSA) is 66.3 Å². The molecule has 26 heavy (non-hydrogen) atoms. The van der Waals surface area contributed by atoms with Gasteiger partial charge in [-0.3, -0.25) is 9.78 Å². The van der Waals surface area contributed by atoms with Crippen molar-refractivity contribution in [3.63, 3.8) is 0 Å². The first-order chi connectivity index (χ1) is 12.5. The summed E-state index contributed by atoms with van der Waals surface area (Å²) in [6, 6.07) is 12.0. The SMILES string of the molecule is CCc1ccc2c(c1)C(=O)N(CC(C)c1ccc3[nH]c(=O)oc3c1)CC2. The zero-order chi connectivity index (χ0) is 18.3. The van der Waals surface area contributed by atoms with Gasteiger partial charge in [0, 0.05) is 18.7 Å². The summed E-state index contributed by atoms with van der Waals surface area (Å²) in [5.74, 6) is -0.179. The molecular formula is C21H22N2O3. The number of benzene rings is 2. The van der Waals surface area contributed by atoms with Crippen LogP contribution in [0.2, 0.25) is 0 Å². The molecule has 5 nitrogen and oxygen atoms in total. The van der Waals surface area contributed by atoms with E-state index in [0.29, 0.717) is 17.6 Å². The second-order valence-electron chi connectivity index (χ2n) is 7.02. The number of nitrogens with one attached hydrogen (secondary N) is 1. The lowest BCUT2D eigenvalue weighted by molar-refractivity contribution is 0.0731. The van der Waals surface area contributed by atoms with E-state index in [1.165, 1.54) is 5.56 Å². The zero-order valence-electron chi connectivity index (χ0n) is 15.0. The molecule has 1 amide bonds. The van der Waals surface area contributed by atoms with E-state index in [1.54, 1.807) is 0 Å². The Morgan fingerprint density at radius 3 is 2.85 bits per heavy atom. The largest absolute Gasteiger partial charge is 0.417 e. The van der Waals surface area contributed by atoms with Crippen LogP contribution in [0.5, 0.6) is 0 Å². The molecule has 0 radical (unpaired) electrons. The monoisotopic (exact) mass is 350 g/mol. The third-order valence-corrected chi connectivity index (χ3v) is 5.26. The van der Waals surface area contributed by atoms with Gasteiger partial charge >= 0.3 is 5.76 Å². The lowest BCUT2D eigenvalue weighted by atomic mass is 9.94. The van der Waals surface area contributed by atoms with Crippen LogP contribution in [0.4, 0.5) is 0 Å². The van der Waals surface area contributed by atoms with Crippen molar-refractivity contribution in [3.8, 4) is 0 Å².